The summed E-state index contributed by atoms with van der Waals surface area (Å²) in [5.74, 6) is 0.918. The standard InChI is InChI=1S/C10H12NOS.CH4O4S/c1-7-11(2)9-6-8(12-3)4-5-10(9)13-7;1-5-6(2,3)4/h4-6H,1-3H3;1H3,(H,2,3,4)/q+1;/p-1. The van der Waals surface area contributed by atoms with Crippen molar-refractivity contribution in [3.63, 3.8) is 0 Å². The Bertz CT molecular complexity index is 663. The van der Waals surface area contributed by atoms with Gasteiger partial charge in [-0.2, -0.15) is 4.57 Å². The minimum Gasteiger partial charge on any atom is -0.726 e. The second kappa shape index (κ2) is 6.29. The lowest BCUT2D eigenvalue weighted by Crippen LogP contribution is -2.28. The van der Waals surface area contributed by atoms with Crippen LogP contribution in [0.3, 0.4) is 0 Å². The Labute approximate surface area is 116 Å². The highest BCUT2D eigenvalue weighted by Gasteiger charge is 2.12. The van der Waals surface area contributed by atoms with Crippen molar-refractivity contribution in [2.45, 2.75) is 6.92 Å². The van der Waals surface area contributed by atoms with Crippen LogP contribution in [0.1, 0.15) is 5.01 Å². The Balaban J connectivity index is 0.000000258. The summed E-state index contributed by atoms with van der Waals surface area (Å²) < 4.78 is 39.7. The molecule has 2 aromatic rings. The van der Waals surface area contributed by atoms with Crippen LogP contribution in [0, 0.1) is 6.92 Å². The third-order valence-electron chi connectivity index (χ3n) is 2.46. The van der Waals surface area contributed by atoms with E-state index in [1.54, 1.807) is 18.4 Å². The highest BCUT2D eigenvalue weighted by Crippen LogP contribution is 2.23. The molecule has 0 radical (unpaired) electrons. The highest BCUT2D eigenvalue weighted by atomic mass is 32.3. The number of aryl methyl sites for hydroxylation is 2. The first kappa shape index (κ1) is 15.8. The number of benzene rings is 1. The van der Waals surface area contributed by atoms with Crippen molar-refractivity contribution in [3.8, 4) is 5.75 Å². The number of aromatic nitrogens is 1. The normalized spacial score (nSPS) is 11.0. The third-order valence-corrected chi connectivity index (χ3v) is 4.00. The fourth-order valence-corrected chi connectivity index (χ4v) is 2.36. The summed E-state index contributed by atoms with van der Waals surface area (Å²) in [6.07, 6.45) is 0. The minimum atomic E-state index is -4.41. The lowest BCUT2D eigenvalue weighted by molar-refractivity contribution is -0.646. The first-order chi connectivity index (χ1) is 8.78. The van der Waals surface area contributed by atoms with Crippen LogP contribution < -0.4 is 9.30 Å². The molecule has 0 aliphatic heterocycles. The SMILES string of the molecule is COS(=O)(=O)[O-].COc1ccc2sc(C)[n+](C)c2c1. The molecule has 0 aliphatic carbocycles. The van der Waals surface area contributed by atoms with E-state index in [9.17, 15) is 13.0 Å². The fraction of sp³-hybridized carbons (Fsp3) is 0.364. The molecular weight excluding hydrogens is 290 g/mol. The van der Waals surface area contributed by atoms with Gasteiger partial charge in [0.05, 0.1) is 20.3 Å². The average Bonchev–Trinajstić information content (AvgIpc) is 2.65. The maximum absolute atomic E-state index is 9.22. The maximum atomic E-state index is 9.22. The number of hydrogen-bond acceptors (Lipinski definition) is 6. The van der Waals surface area contributed by atoms with Crippen LogP contribution in [0.25, 0.3) is 10.2 Å². The van der Waals surface area contributed by atoms with Crippen molar-refractivity contribution in [2.75, 3.05) is 14.2 Å². The first-order valence-corrected chi connectivity index (χ1v) is 7.38. The summed E-state index contributed by atoms with van der Waals surface area (Å²) in [5.41, 5.74) is 1.24. The predicted octanol–water partition coefficient (Wildman–Crippen LogP) is 1.14. The quantitative estimate of drug-likeness (QED) is 0.472. The molecule has 8 heteroatoms. The number of fused-ring (bicyclic) bond motifs is 1. The third kappa shape index (κ3) is 4.43. The van der Waals surface area contributed by atoms with Gasteiger partial charge >= 0.3 is 0 Å². The van der Waals surface area contributed by atoms with Gasteiger partial charge in [-0.25, -0.2) is 8.42 Å². The number of hydrogen-bond donors (Lipinski definition) is 0. The van der Waals surface area contributed by atoms with E-state index in [0.29, 0.717) is 0 Å². The molecule has 1 aromatic heterocycles. The molecule has 106 valence electrons. The van der Waals surface area contributed by atoms with Crippen LogP contribution in [-0.4, -0.2) is 27.2 Å². The van der Waals surface area contributed by atoms with Gasteiger partial charge in [0, 0.05) is 6.92 Å². The molecule has 0 saturated carbocycles. The Kier molecular flexibility index (Phi) is 5.24. The van der Waals surface area contributed by atoms with E-state index in [2.05, 4.69) is 34.9 Å². The van der Waals surface area contributed by atoms with Gasteiger partial charge in [-0.05, 0) is 12.1 Å². The van der Waals surface area contributed by atoms with Crippen LogP contribution >= 0.6 is 11.3 Å². The summed E-state index contributed by atoms with van der Waals surface area (Å²) in [5, 5.41) is 1.31. The topological polar surface area (TPSA) is 79.5 Å². The second-order valence-electron chi connectivity index (χ2n) is 3.59. The number of methoxy groups -OCH3 is 1. The molecule has 0 atom stereocenters. The average molecular weight is 305 g/mol. The summed E-state index contributed by atoms with van der Waals surface area (Å²) in [6, 6.07) is 6.17. The summed E-state index contributed by atoms with van der Waals surface area (Å²) in [4.78, 5) is 0. The zero-order valence-electron chi connectivity index (χ0n) is 11.0. The smallest absolute Gasteiger partial charge is 0.234 e. The maximum Gasteiger partial charge on any atom is 0.234 e. The Morgan fingerprint density at radius 2 is 1.89 bits per heavy atom. The van der Waals surface area contributed by atoms with Crippen LogP contribution in [0.2, 0.25) is 0 Å². The first-order valence-electron chi connectivity index (χ1n) is 5.23. The molecule has 19 heavy (non-hydrogen) atoms. The van der Waals surface area contributed by atoms with Crippen LogP contribution in [0.15, 0.2) is 18.2 Å². The predicted molar refractivity (Wildman–Crippen MR) is 71.0 cm³/mol. The van der Waals surface area contributed by atoms with Crippen LogP contribution in [0.4, 0.5) is 0 Å². The molecule has 0 spiro atoms. The molecule has 0 bridgehead atoms. The van der Waals surface area contributed by atoms with E-state index in [-0.39, 0.29) is 0 Å². The van der Waals surface area contributed by atoms with E-state index >= 15 is 0 Å². The number of nitrogens with zero attached hydrogens (tertiary/aromatic N) is 1. The van der Waals surface area contributed by atoms with Crippen molar-refractivity contribution in [1.29, 1.82) is 0 Å². The fourth-order valence-electron chi connectivity index (χ4n) is 1.37. The molecule has 1 aromatic carbocycles. The minimum absolute atomic E-state index is 0.808. The van der Waals surface area contributed by atoms with Gasteiger partial charge in [-0.3, -0.25) is 4.18 Å². The zero-order chi connectivity index (χ0) is 14.6. The van der Waals surface area contributed by atoms with Gasteiger partial charge in [-0.15, -0.1) is 0 Å². The molecule has 6 nitrogen and oxygen atoms in total. The van der Waals surface area contributed by atoms with E-state index in [1.807, 2.05) is 6.07 Å². The highest BCUT2D eigenvalue weighted by molar-refractivity contribution is 7.80. The van der Waals surface area contributed by atoms with E-state index in [4.69, 9.17) is 4.74 Å². The summed E-state index contributed by atoms with van der Waals surface area (Å²) in [6.45, 7) is 2.12. The van der Waals surface area contributed by atoms with Crippen molar-refractivity contribution in [1.82, 2.24) is 0 Å². The van der Waals surface area contributed by atoms with Crippen LogP contribution in [-0.2, 0) is 21.6 Å². The van der Waals surface area contributed by atoms with Crippen molar-refractivity contribution in [2.24, 2.45) is 7.05 Å². The van der Waals surface area contributed by atoms with Gasteiger partial charge < -0.3 is 9.29 Å². The number of ether oxygens (including phenoxy) is 1. The number of rotatable bonds is 2. The second-order valence-corrected chi connectivity index (χ2v) is 5.97. The van der Waals surface area contributed by atoms with E-state index in [0.717, 1.165) is 12.9 Å². The van der Waals surface area contributed by atoms with Gasteiger partial charge in [0.1, 0.15) is 17.5 Å². The molecule has 0 N–H and O–H groups in total. The monoisotopic (exact) mass is 305 g/mol. The molecular formula is C11H15NO5S2. The molecule has 0 unspecified atom stereocenters. The molecule has 2 rings (SSSR count). The molecule has 0 aliphatic rings. The van der Waals surface area contributed by atoms with Crippen molar-refractivity contribution < 1.29 is 26.5 Å². The molecule has 0 fully saturated rings. The Hall–Kier alpha value is -1.22. The molecule has 0 saturated heterocycles. The van der Waals surface area contributed by atoms with Gasteiger partial charge in [0.25, 0.3) is 0 Å². The van der Waals surface area contributed by atoms with Gasteiger partial charge in [-0.1, -0.05) is 11.3 Å². The lowest BCUT2D eigenvalue weighted by Gasteiger charge is -1.98. The lowest BCUT2D eigenvalue weighted by atomic mass is 10.3. The molecule has 0 amide bonds. The van der Waals surface area contributed by atoms with Gasteiger partial charge in [0.15, 0.2) is 0 Å². The largest absolute Gasteiger partial charge is 0.726 e. The van der Waals surface area contributed by atoms with E-state index < -0.39 is 10.4 Å². The van der Waals surface area contributed by atoms with E-state index in [1.165, 1.54) is 15.2 Å². The summed E-state index contributed by atoms with van der Waals surface area (Å²) >= 11 is 1.81. The van der Waals surface area contributed by atoms with Gasteiger partial charge in [0.2, 0.25) is 20.9 Å². The Morgan fingerprint density at radius 3 is 2.37 bits per heavy atom. The zero-order valence-corrected chi connectivity index (χ0v) is 12.7. The molecule has 1 heterocycles. The van der Waals surface area contributed by atoms with Crippen molar-refractivity contribution >= 4 is 32.0 Å². The van der Waals surface area contributed by atoms with Crippen LogP contribution in [0.5, 0.6) is 5.75 Å². The Morgan fingerprint density at radius 1 is 1.32 bits per heavy atom. The summed E-state index contributed by atoms with van der Waals surface area (Å²) in [7, 11) is 0.168. The van der Waals surface area contributed by atoms with Crippen molar-refractivity contribution in [3.05, 3.63) is 23.2 Å². The number of thiazole rings is 1.